The molecule has 0 heterocycles. The average Bonchev–Trinajstić information content (AvgIpc) is 3.12. The fourth-order valence-corrected chi connectivity index (χ4v) is 16.4. The maximum atomic E-state index is 2.39. The zero-order valence-electron chi connectivity index (χ0n) is 31.6. The van der Waals surface area contributed by atoms with Gasteiger partial charge in [-0.3, -0.25) is 0 Å². The molecule has 0 saturated heterocycles. The lowest BCUT2D eigenvalue weighted by Gasteiger charge is -2.16. The van der Waals surface area contributed by atoms with Crippen LogP contribution in [0.1, 0.15) is 172 Å². The van der Waals surface area contributed by atoms with Crippen molar-refractivity contribution in [3.63, 3.8) is 0 Å². The second kappa shape index (κ2) is 28.7. The van der Waals surface area contributed by atoms with E-state index in [1.807, 2.05) is 0 Å². The van der Waals surface area contributed by atoms with Crippen LogP contribution in [0.4, 0.5) is 0 Å². The largest absolute Gasteiger partial charge is 0.0876 e. The van der Waals surface area contributed by atoms with Crippen molar-refractivity contribution >= 4 is 39.7 Å². The molecule has 0 aliphatic heterocycles. The first-order valence-electron chi connectivity index (χ1n) is 20.3. The minimum atomic E-state index is -0.432. The van der Waals surface area contributed by atoms with Gasteiger partial charge < -0.3 is 0 Å². The summed E-state index contributed by atoms with van der Waals surface area (Å²) in [5.74, 6) is 0. The lowest BCUT2D eigenvalue weighted by Crippen LogP contribution is -1.87. The molecule has 0 spiro atoms. The van der Waals surface area contributed by atoms with Crippen molar-refractivity contribution in [1.29, 1.82) is 0 Å². The van der Waals surface area contributed by atoms with Crippen molar-refractivity contribution in [2.75, 3.05) is 0 Å². The second-order valence-electron chi connectivity index (χ2n) is 14.0. The van der Waals surface area contributed by atoms with E-state index in [2.05, 4.69) is 128 Å². The van der Waals surface area contributed by atoms with Gasteiger partial charge >= 0.3 is 0 Å². The Kier molecular flexibility index (Phi) is 24.9. The summed E-state index contributed by atoms with van der Waals surface area (Å²) in [5.41, 5.74) is 4.06. The van der Waals surface area contributed by atoms with E-state index >= 15 is 0 Å². The number of rotatable bonds is 30. The van der Waals surface area contributed by atoms with E-state index in [9.17, 15) is 0 Å². The average molecular weight is 737 g/mol. The molecule has 49 heavy (non-hydrogen) atoms. The summed E-state index contributed by atoms with van der Waals surface area (Å²) in [4.78, 5) is 4.21. The van der Waals surface area contributed by atoms with Gasteiger partial charge in [0.15, 0.2) is 0 Å². The maximum Gasteiger partial charge on any atom is 0.0876 e. The number of unbranched alkanes of at least 4 members (excludes halogenated alkanes) is 18. The summed E-state index contributed by atoms with van der Waals surface area (Å²) < 4.78 is 0. The van der Waals surface area contributed by atoms with Crippen molar-refractivity contribution in [3.05, 3.63) is 89.5 Å². The normalized spacial score (nSPS) is 11.5. The molecular formula is C45H69PS3. The molecule has 0 fully saturated rings. The predicted octanol–water partition coefficient (Wildman–Crippen LogP) is 17.5. The lowest BCUT2D eigenvalue weighted by atomic mass is 10.0. The topological polar surface area (TPSA) is 0 Å². The Balaban J connectivity index is 1.53. The van der Waals surface area contributed by atoms with Crippen LogP contribution in [0.5, 0.6) is 0 Å². The third kappa shape index (κ3) is 20.7. The van der Waals surface area contributed by atoms with Crippen LogP contribution in [0, 0.1) is 0 Å². The van der Waals surface area contributed by atoms with Crippen molar-refractivity contribution < 1.29 is 0 Å². The summed E-state index contributed by atoms with van der Waals surface area (Å²) in [5, 5.41) is 0. The minimum Gasteiger partial charge on any atom is -0.0754 e. The fourth-order valence-electron chi connectivity index (χ4n) is 6.32. The molecule has 0 saturated carbocycles. The van der Waals surface area contributed by atoms with Gasteiger partial charge in [0, 0.05) is 14.7 Å². The fraction of sp³-hybridized carbons (Fsp3) is 0.600. The van der Waals surface area contributed by atoms with Crippen molar-refractivity contribution in [3.8, 4) is 0 Å². The Morgan fingerprint density at radius 1 is 0.306 bits per heavy atom. The van der Waals surface area contributed by atoms with Crippen LogP contribution in [-0.2, 0) is 19.3 Å². The summed E-state index contributed by atoms with van der Waals surface area (Å²) in [7, 11) is 0. The standard InChI is InChI=1S/C45H69PS3/c1-4-7-10-13-16-19-22-25-40-28-34-43(35-29-40)47-46(48-44-36-30-41(31-37-44)26-23-20-17-14-11-8-5-2)49-45-38-32-42(33-39-45)27-24-21-18-15-12-9-6-3/h28-39H,4-27H2,1-3H3. The molecule has 0 nitrogen and oxygen atoms in total. The monoisotopic (exact) mass is 736 g/mol. The van der Waals surface area contributed by atoms with Crippen LogP contribution in [0.3, 0.4) is 0 Å². The Morgan fingerprint density at radius 2 is 0.531 bits per heavy atom. The number of hydrogen-bond donors (Lipinski definition) is 0. The molecule has 0 bridgehead atoms. The smallest absolute Gasteiger partial charge is 0.0754 e. The van der Waals surface area contributed by atoms with E-state index in [1.165, 1.54) is 185 Å². The van der Waals surface area contributed by atoms with Gasteiger partial charge in [-0.25, -0.2) is 0 Å². The molecule has 0 aromatic heterocycles. The van der Waals surface area contributed by atoms with Gasteiger partial charge in [0.1, 0.15) is 0 Å². The van der Waals surface area contributed by atoms with E-state index in [0.717, 1.165) is 0 Å². The van der Waals surface area contributed by atoms with E-state index in [4.69, 9.17) is 0 Å². The molecule has 272 valence electrons. The molecule has 0 aliphatic carbocycles. The van der Waals surface area contributed by atoms with Gasteiger partial charge in [-0.05, 0) is 91.6 Å². The Hall–Kier alpha value is -0.860. The Labute approximate surface area is 317 Å². The summed E-state index contributed by atoms with van der Waals surface area (Å²) >= 11 is 6.23. The number of hydrogen-bond acceptors (Lipinski definition) is 3. The van der Waals surface area contributed by atoms with Gasteiger partial charge in [0.05, 0.1) is 5.53 Å². The van der Waals surface area contributed by atoms with Crippen LogP contribution in [0.15, 0.2) is 87.5 Å². The van der Waals surface area contributed by atoms with Gasteiger partial charge in [0.2, 0.25) is 0 Å². The summed E-state index contributed by atoms with van der Waals surface area (Å²) in [6, 6.07) is 28.6. The highest BCUT2D eigenvalue weighted by Gasteiger charge is 2.16. The molecule has 0 amide bonds. The molecule has 3 aromatic rings. The molecule has 0 N–H and O–H groups in total. The summed E-state index contributed by atoms with van der Waals surface area (Å²) in [6.45, 7) is 6.90. The molecule has 0 aliphatic rings. The van der Waals surface area contributed by atoms with Gasteiger partial charge in [-0.15, -0.1) is 0 Å². The first-order valence-corrected chi connectivity index (χ1v) is 25.9. The van der Waals surface area contributed by atoms with Gasteiger partial charge in [-0.2, -0.15) is 0 Å². The highest BCUT2D eigenvalue weighted by atomic mass is 33.4. The van der Waals surface area contributed by atoms with Crippen LogP contribution >= 0.6 is 39.7 Å². The van der Waals surface area contributed by atoms with Crippen molar-refractivity contribution in [2.45, 2.75) is 190 Å². The third-order valence-corrected chi connectivity index (χ3v) is 18.7. The van der Waals surface area contributed by atoms with Crippen LogP contribution < -0.4 is 0 Å². The first-order chi connectivity index (χ1) is 24.2. The van der Waals surface area contributed by atoms with E-state index in [0.29, 0.717) is 0 Å². The molecule has 0 unspecified atom stereocenters. The zero-order chi connectivity index (χ0) is 34.6. The van der Waals surface area contributed by atoms with Crippen LogP contribution in [0.25, 0.3) is 0 Å². The molecule has 0 atom stereocenters. The second-order valence-corrected chi connectivity index (χ2v) is 23.5. The number of benzene rings is 3. The first kappa shape index (κ1) is 42.6. The van der Waals surface area contributed by atoms with Crippen LogP contribution in [0.2, 0.25) is 0 Å². The third-order valence-electron chi connectivity index (χ3n) is 9.52. The predicted molar refractivity (Wildman–Crippen MR) is 229 cm³/mol. The molecular weight excluding hydrogens is 668 g/mol. The summed E-state index contributed by atoms with van der Waals surface area (Å²) in [6.07, 6.45) is 32.6. The van der Waals surface area contributed by atoms with Crippen molar-refractivity contribution in [2.24, 2.45) is 0 Å². The minimum absolute atomic E-state index is 0.432. The van der Waals surface area contributed by atoms with Gasteiger partial charge in [0.25, 0.3) is 0 Å². The molecule has 4 heteroatoms. The molecule has 3 rings (SSSR count). The number of aryl methyl sites for hydroxylation is 3. The Morgan fingerprint density at radius 3 is 0.776 bits per heavy atom. The quantitative estimate of drug-likeness (QED) is 0.0494. The van der Waals surface area contributed by atoms with Crippen molar-refractivity contribution in [1.82, 2.24) is 0 Å². The molecule has 0 radical (unpaired) electrons. The van der Waals surface area contributed by atoms with E-state index in [1.54, 1.807) is 0 Å². The van der Waals surface area contributed by atoms with E-state index in [-0.39, 0.29) is 0 Å². The zero-order valence-corrected chi connectivity index (χ0v) is 34.9. The highest BCUT2D eigenvalue weighted by molar-refractivity contribution is 9.12. The Bertz CT molecular complexity index is 1020. The van der Waals surface area contributed by atoms with Gasteiger partial charge in [-0.1, -0.05) is 207 Å². The van der Waals surface area contributed by atoms with E-state index < -0.39 is 5.53 Å². The van der Waals surface area contributed by atoms with Crippen LogP contribution in [-0.4, -0.2) is 0 Å². The SMILES string of the molecule is CCCCCCCCCc1ccc(SP(Sc2ccc(CCCCCCCCC)cc2)Sc2ccc(CCCCCCCCC)cc2)cc1. The maximum absolute atomic E-state index is 2.39. The molecule has 3 aromatic carbocycles. The highest BCUT2D eigenvalue weighted by Crippen LogP contribution is 2.75. The lowest BCUT2D eigenvalue weighted by molar-refractivity contribution is 0.589.